The van der Waals surface area contributed by atoms with Crippen LogP contribution in [0.1, 0.15) is 44.7 Å². The number of aryl methyl sites for hydroxylation is 2. The van der Waals surface area contributed by atoms with Crippen LogP contribution in [0.5, 0.6) is 0 Å². The summed E-state index contributed by atoms with van der Waals surface area (Å²) in [6.45, 7) is 2.86. The van der Waals surface area contributed by atoms with E-state index in [2.05, 4.69) is 22.7 Å². The molecule has 0 unspecified atom stereocenters. The Morgan fingerprint density at radius 2 is 2.11 bits per heavy atom. The summed E-state index contributed by atoms with van der Waals surface area (Å²) >= 11 is 0. The standard InChI is InChI=1S/C14H22N4O/c1-3-6-10-11-12(18(2)17-10)15-9-14(13(19)16-11)7-4-5-8-14/h15H,3-9H2,1-2H3,(H,16,19). The number of carbonyl (C=O) groups excluding carboxylic acids is 1. The molecule has 2 aliphatic rings. The van der Waals surface area contributed by atoms with E-state index in [-0.39, 0.29) is 11.3 Å². The molecule has 1 saturated carbocycles. The summed E-state index contributed by atoms with van der Waals surface area (Å²) < 4.78 is 1.86. The van der Waals surface area contributed by atoms with Gasteiger partial charge in [-0.05, 0) is 19.3 Å². The highest BCUT2D eigenvalue weighted by Gasteiger charge is 2.43. The molecule has 0 aromatic carbocycles. The van der Waals surface area contributed by atoms with Gasteiger partial charge in [-0.3, -0.25) is 9.48 Å². The molecule has 2 heterocycles. The molecule has 1 amide bonds. The zero-order valence-electron chi connectivity index (χ0n) is 11.8. The van der Waals surface area contributed by atoms with Gasteiger partial charge < -0.3 is 10.6 Å². The Balaban J connectivity index is 1.95. The minimum Gasteiger partial charge on any atom is -0.367 e. The summed E-state index contributed by atoms with van der Waals surface area (Å²) in [5, 5.41) is 11.1. The molecule has 1 aliphatic carbocycles. The molecule has 1 aliphatic heterocycles. The molecule has 5 heteroatoms. The average Bonchev–Trinajstić information content (AvgIpc) is 2.91. The van der Waals surface area contributed by atoms with Gasteiger partial charge in [-0.25, -0.2) is 0 Å². The van der Waals surface area contributed by atoms with Gasteiger partial charge in [-0.1, -0.05) is 26.2 Å². The number of nitrogens with one attached hydrogen (secondary N) is 2. The number of hydrogen-bond donors (Lipinski definition) is 2. The Hall–Kier alpha value is -1.52. The third-order valence-corrected chi connectivity index (χ3v) is 4.48. The molecule has 5 nitrogen and oxygen atoms in total. The van der Waals surface area contributed by atoms with Crippen molar-refractivity contribution in [3.63, 3.8) is 0 Å². The normalized spacial score (nSPS) is 20.8. The van der Waals surface area contributed by atoms with Crippen molar-refractivity contribution in [3.05, 3.63) is 5.69 Å². The Labute approximate surface area is 113 Å². The molecule has 1 fully saturated rings. The molecular weight excluding hydrogens is 240 g/mol. The summed E-state index contributed by atoms with van der Waals surface area (Å²) in [6.07, 6.45) is 6.24. The maximum absolute atomic E-state index is 12.6. The van der Waals surface area contributed by atoms with Gasteiger partial charge in [0.15, 0.2) is 0 Å². The number of anilines is 2. The summed E-state index contributed by atoms with van der Waals surface area (Å²) in [5.41, 5.74) is 1.69. The average molecular weight is 262 g/mol. The number of amides is 1. The van der Waals surface area contributed by atoms with Crippen LogP contribution in [-0.4, -0.2) is 22.2 Å². The lowest BCUT2D eigenvalue weighted by molar-refractivity contribution is -0.124. The number of rotatable bonds is 2. The van der Waals surface area contributed by atoms with Crippen molar-refractivity contribution in [2.75, 3.05) is 17.2 Å². The summed E-state index contributed by atoms with van der Waals surface area (Å²) in [4.78, 5) is 12.6. The van der Waals surface area contributed by atoms with Crippen molar-refractivity contribution in [2.24, 2.45) is 12.5 Å². The molecule has 1 spiro atoms. The van der Waals surface area contributed by atoms with Crippen LogP contribution < -0.4 is 10.6 Å². The summed E-state index contributed by atoms with van der Waals surface area (Å²) in [5.74, 6) is 1.14. The second-order valence-electron chi connectivity index (χ2n) is 5.84. The van der Waals surface area contributed by atoms with Gasteiger partial charge in [0.1, 0.15) is 11.5 Å². The van der Waals surface area contributed by atoms with E-state index >= 15 is 0 Å². The van der Waals surface area contributed by atoms with Crippen LogP contribution >= 0.6 is 0 Å². The lowest BCUT2D eigenvalue weighted by Crippen LogP contribution is -2.37. The summed E-state index contributed by atoms with van der Waals surface area (Å²) in [7, 11) is 1.93. The van der Waals surface area contributed by atoms with E-state index in [1.54, 1.807) is 0 Å². The van der Waals surface area contributed by atoms with Gasteiger partial charge in [0.2, 0.25) is 5.91 Å². The van der Waals surface area contributed by atoms with Crippen LogP contribution in [0.25, 0.3) is 0 Å². The minimum absolute atomic E-state index is 0.182. The molecular formula is C14H22N4O. The first-order chi connectivity index (χ1) is 9.16. The Morgan fingerprint density at radius 3 is 2.79 bits per heavy atom. The highest BCUT2D eigenvalue weighted by molar-refractivity contribution is 6.00. The van der Waals surface area contributed by atoms with Gasteiger partial charge in [-0.15, -0.1) is 0 Å². The third-order valence-electron chi connectivity index (χ3n) is 4.48. The smallest absolute Gasteiger partial charge is 0.232 e. The van der Waals surface area contributed by atoms with E-state index < -0.39 is 0 Å². The van der Waals surface area contributed by atoms with Crippen LogP contribution in [-0.2, 0) is 18.3 Å². The van der Waals surface area contributed by atoms with Gasteiger partial charge in [0.05, 0.1) is 11.1 Å². The van der Waals surface area contributed by atoms with E-state index in [1.807, 2.05) is 11.7 Å². The van der Waals surface area contributed by atoms with Crippen molar-refractivity contribution >= 4 is 17.4 Å². The van der Waals surface area contributed by atoms with Crippen molar-refractivity contribution in [3.8, 4) is 0 Å². The number of carbonyl (C=O) groups is 1. The highest BCUT2D eigenvalue weighted by atomic mass is 16.2. The van der Waals surface area contributed by atoms with E-state index in [1.165, 1.54) is 0 Å². The largest absolute Gasteiger partial charge is 0.367 e. The Morgan fingerprint density at radius 1 is 1.37 bits per heavy atom. The number of fused-ring (bicyclic) bond motifs is 1. The second-order valence-corrected chi connectivity index (χ2v) is 5.84. The summed E-state index contributed by atoms with van der Waals surface area (Å²) in [6, 6.07) is 0. The molecule has 1 aromatic rings. The van der Waals surface area contributed by atoms with E-state index in [0.717, 1.165) is 62.3 Å². The number of nitrogens with zero attached hydrogens (tertiary/aromatic N) is 2. The van der Waals surface area contributed by atoms with Crippen LogP contribution in [0.2, 0.25) is 0 Å². The first kappa shape index (κ1) is 12.5. The quantitative estimate of drug-likeness (QED) is 0.859. The van der Waals surface area contributed by atoms with E-state index in [0.29, 0.717) is 0 Å². The Kier molecular flexibility index (Phi) is 2.99. The van der Waals surface area contributed by atoms with Crippen LogP contribution in [0, 0.1) is 5.41 Å². The lowest BCUT2D eigenvalue weighted by atomic mass is 9.85. The van der Waals surface area contributed by atoms with E-state index in [9.17, 15) is 4.79 Å². The molecule has 2 N–H and O–H groups in total. The predicted molar refractivity (Wildman–Crippen MR) is 75.2 cm³/mol. The van der Waals surface area contributed by atoms with Gasteiger partial charge in [0, 0.05) is 13.6 Å². The van der Waals surface area contributed by atoms with Crippen molar-refractivity contribution in [1.82, 2.24) is 9.78 Å². The van der Waals surface area contributed by atoms with Gasteiger partial charge in [-0.2, -0.15) is 5.10 Å². The van der Waals surface area contributed by atoms with E-state index in [4.69, 9.17) is 0 Å². The van der Waals surface area contributed by atoms with Crippen LogP contribution in [0.3, 0.4) is 0 Å². The van der Waals surface area contributed by atoms with Crippen molar-refractivity contribution in [2.45, 2.75) is 45.4 Å². The first-order valence-corrected chi connectivity index (χ1v) is 7.27. The molecule has 3 rings (SSSR count). The fourth-order valence-electron chi connectivity index (χ4n) is 3.36. The molecule has 0 radical (unpaired) electrons. The molecule has 0 saturated heterocycles. The fraction of sp³-hybridized carbons (Fsp3) is 0.714. The maximum atomic E-state index is 12.6. The molecule has 0 atom stereocenters. The molecule has 0 bridgehead atoms. The highest BCUT2D eigenvalue weighted by Crippen LogP contribution is 2.42. The molecule has 19 heavy (non-hydrogen) atoms. The molecule has 1 aromatic heterocycles. The third kappa shape index (κ3) is 1.91. The first-order valence-electron chi connectivity index (χ1n) is 7.27. The predicted octanol–water partition coefficient (Wildman–Crippen LogP) is 2.30. The minimum atomic E-state index is -0.206. The van der Waals surface area contributed by atoms with Gasteiger partial charge >= 0.3 is 0 Å². The van der Waals surface area contributed by atoms with Crippen molar-refractivity contribution in [1.29, 1.82) is 0 Å². The zero-order chi connectivity index (χ0) is 13.5. The van der Waals surface area contributed by atoms with Crippen molar-refractivity contribution < 1.29 is 4.79 Å². The van der Waals surface area contributed by atoms with Crippen LogP contribution in [0.4, 0.5) is 11.5 Å². The number of hydrogen-bond acceptors (Lipinski definition) is 3. The maximum Gasteiger partial charge on any atom is 0.232 e. The van der Waals surface area contributed by atoms with Crippen LogP contribution in [0.15, 0.2) is 0 Å². The molecule has 104 valence electrons. The number of aromatic nitrogens is 2. The monoisotopic (exact) mass is 262 g/mol. The Bertz CT molecular complexity index is 500. The zero-order valence-corrected chi connectivity index (χ0v) is 11.8. The van der Waals surface area contributed by atoms with Gasteiger partial charge in [0.25, 0.3) is 0 Å². The fourth-order valence-corrected chi connectivity index (χ4v) is 3.36. The lowest BCUT2D eigenvalue weighted by Gasteiger charge is -2.25. The topological polar surface area (TPSA) is 59.0 Å². The second kappa shape index (κ2) is 4.54. The SMILES string of the molecule is CCCc1nn(C)c2c1NC(=O)C1(CCCC1)CN2.